The number of nitrogens with one attached hydrogen (secondary N) is 1. The summed E-state index contributed by atoms with van der Waals surface area (Å²) < 4.78 is 11.2. The van der Waals surface area contributed by atoms with Crippen LogP contribution in [0, 0.1) is 6.92 Å². The number of hydrogen-bond acceptors (Lipinski definition) is 3. The number of H-pyrrole nitrogens is 1. The minimum absolute atomic E-state index is 0.0905. The van der Waals surface area contributed by atoms with Crippen LogP contribution in [-0.2, 0) is 17.8 Å². The van der Waals surface area contributed by atoms with E-state index >= 15 is 0 Å². The van der Waals surface area contributed by atoms with Crippen molar-refractivity contribution in [3.8, 4) is 11.5 Å². The maximum Gasteiger partial charge on any atom is 0.227 e. The number of aromatic amines is 1. The van der Waals surface area contributed by atoms with E-state index in [4.69, 9.17) is 9.47 Å². The number of aromatic nitrogens is 1. The maximum atomic E-state index is 12.8. The lowest BCUT2D eigenvalue weighted by Gasteiger charge is -2.21. The molecule has 0 aliphatic carbocycles. The largest absolute Gasteiger partial charge is 0.486 e. The number of benzene rings is 2. The SMILES string of the molecule is Cc1[nH]c2ccccc2c1CC(=O)N(C)Cc1ccc2c(c1)OCCO2. The van der Waals surface area contributed by atoms with Gasteiger partial charge in [0.05, 0.1) is 6.42 Å². The molecular formula is C21H22N2O3. The summed E-state index contributed by atoms with van der Waals surface area (Å²) in [6, 6.07) is 13.9. The molecule has 1 N–H and O–H groups in total. The zero-order valence-electron chi connectivity index (χ0n) is 15.0. The van der Waals surface area contributed by atoms with Gasteiger partial charge in [-0.25, -0.2) is 0 Å². The molecule has 26 heavy (non-hydrogen) atoms. The summed E-state index contributed by atoms with van der Waals surface area (Å²) in [5.41, 5.74) is 4.22. The van der Waals surface area contributed by atoms with Crippen LogP contribution in [0.4, 0.5) is 0 Å². The van der Waals surface area contributed by atoms with Gasteiger partial charge in [-0.1, -0.05) is 24.3 Å². The van der Waals surface area contributed by atoms with Crippen molar-refractivity contribution in [3.63, 3.8) is 0 Å². The van der Waals surface area contributed by atoms with Crippen LogP contribution in [0.5, 0.6) is 11.5 Å². The van der Waals surface area contributed by atoms with Gasteiger partial charge in [-0.3, -0.25) is 4.79 Å². The topological polar surface area (TPSA) is 54.6 Å². The zero-order valence-corrected chi connectivity index (χ0v) is 15.0. The summed E-state index contributed by atoms with van der Waals surface area (Å²) in [4.78, 5) is 17.9. The van der Waals surface area contributed by atoms with E-state index in [1.54, 1.807) is 4.90 Å². The highest BCUT2D eigenvalue weighted by atomic mass is 16.6. The number of aryl methyl sites for hydroxylation is 1. The number of fused-ring (bicyclic) bond motifs is 2. The van der Waals surface area contributed by atoms with Crippen molar-refractivity contribution < 1.29 is 14.3 Å². The van der Waals surface area contributed by atoms with Gasteiger partial charge < -0.3 is 19.4 Å². The number of para-hydroxylation sites is 1. The molecule has 0 fully saturated rings. The first-order valence-electron chi connectivity index (χ1n) is 8.80. The van der Waals surface area contributed by atoms with Gasteiger partial charge in [0, 0.05) is 30.2 Å². The van der Waals surface area contributed by atoms with E-state index in [1.807, 2.05) is 50.4 Å². The van der Waals surface area contributed by atoms with Crippen LogP contribution in [-0.4, -0.2) is 36.1 Å². The first-order valence-corrected chi connectivity index (χ1v) is 8.80. The molecule has 0 bridgehead atoms. The molecule has 3 aromatic rings. The van der Waals surface area contributed by atoms with Crippen molar-refractivity contribution in [2.45, 2.75) is 19.9 Å². The minimum Gasteiger partial charge on any atom is -0.486 e. The monoisotopic (exact) mass is 350 g/mol. The Morgan fingerprint density at radius 3 is 2.73 bits per heavy atom. The molecule has 2 heterocycles. The molecule has 1 aromatic heterocycles. The molecule has 0 spiro atoms. The van der Waals surface area contributed by atoms with Gasteiger partial charge >= 0.3 is 0 Å². The molecule has 0 saturated carbocycles. The van der Waals surface area contributed by atoms with Crippen molar-refractivity contribution in [3.05, 3.63) is 59.3 Å². The second-order valence-corrected chi connectivity index (χ2v) is 6.68. The third-order valence-electron chi connectivity index (χ3n) is 4.81. The predicted octanol–water partition coefficient (Wildman–Crippen LogP) is 3.45. The van der Waals surface area contributed by atoms with Gasteiger partial charge in [-0.2, -0.15) is 0 Å². The lowest BCUT2D eigenvalue weighted by Crippen LogP contribution is -2.28. The van der Waals surface area contributed by atoms with Crippen molar-refractivity contribution in [2.24, 2.45) is 0 Å². The van der Waals surface area contributed by atoms with Gasteiger partial charge in [0.2, 0.25) is 5.91 Å². The standard InChI is InChI=1S/C21H22N2O3/c1-14-17(16-5-3-4-6-18(16)22-14)12-21(24)23(2)13-15-7-8-19-20(11-15)26-10-9-25-19/h3-8,11,22H,9-10,12-13H2,1-2H3. The number of hydrogen-bond donors (Lipinski definition) is 1. The Morgan fingerprint density at radius 2 is 1.88 bits per heavy atom. The molecule has 1 aliphatic rings. The third kappa shape index (κ3) is 3.12. The fourth-order valence-electron chi connectivity index (χ4n) is 3.40. The third-order valence-corrected chi connectivity index (χ3v) is 4.81. The Hall–Kier alpha value is -2.95. The molecule has 1 amide bonds. The number of rotatable bonds is 4. The lowest BCUT2D eigenvalue weighted by molar-refractivity contribution is -0.129. The van der Waals surface area contributed by atoms with Crippen LogP contribution in [0.3, 0.4) is 0 Å². The van der Waals surface area contributed by atoms with Crippen molar-refractivity contribution in [1.82, 2.24) is 9.88 Å². The van der Waals surface area contributed by atoms with E-state index in [2.05, 4.69) is 11.1 Å². The second kappa shape index (κ2) is 6.75. The summed E-state index contributed by atoms with van der Waals surface area (Å²) >= 11 is 0. The van der Waals surface area contributed by atoms with Gasteiger partial charge in [0.1, 0.15) is 13.2 Å². The van der Waals surface area contributed by atoms with Crippen LogP contribution in [0.2, 0.25) is 0 Å². The summed E-state index contributed by atoms with van der Waals surface area (Å²) in [5.74, 6) is 1.61. The molecule has 0 radical (unpaired) electrons. The smallest absolute Gasteiger partial charge is 0.227 e. The normalized spacial score (nSPS) is 13.0. The second-order valence-electron chi connectivity index (χ2n) is 6.68. The van der Waals surface area contributed by atoms with Crippen molar-refractivity contribution in [1.29, 1.82) is 0 Å². The van der Waals surface area contributed by atoms with E-state index in [-0.39, 0.29) is 5.91 Å². The fourth-order valence-corrected chi connectivity index (χ4v) is 3.40. The summed E-state index contributed by atoms with van der Waals surface area (Å²) in [7, 11) is 1.84. The van der Waals surface area contributed by atoms with E-state index in [9.17, 15) is 4.79 Å². The molecular weight excluding hydrogens is 328 g/mol. The molecule has 5 heteroatoms. The zero-order chi connectivity index (χ0) is 18.1. The molecule has 2 aromatic carbocycles. The number of carbonyl (C=O) groups excluding carboxylic acids is 1. The Kier molecular flexibility index (Phi) is 4.29. The van der Waals surface area contributed by atoms with Crippen molar-refractivity contribution in [2.75, 3.05) is 20.3 Å². The van der Waals surface area contributed by atoms with Crippen LogP contribution in [0.25, 0.3) is 10.9 Å². The van der Waals surface area contributed by atoms with Crippen LogP contribution in [0.1, 0.15) is 16.8 Å². The summed E-state index contributed by atoms with van der Waals surface area (Å²) in [6.07, 6.45) is 0.386. The Balaban J connectivity index is 1.48. The predicted molar refractivity (Wildman–Crippen MR) is 101 cm³/mol. The average molecular weight is 350 g/mol. The minimum atomic E-state index is 0.0905. The molecule has 0 unspecified atom stereocenters. The van der Waals surface area contributed by atoms with E-state index in [1.165, 1.54) is 0 Å². The highest BCUT2D eigenvalue weighted by Crippen LogP contribution is 2.31. The lowest BCUT2D eigenvalue weighted by atomic mass is 10.1. The van der Waals surface area contributed by atoms with Crippen LogP contribution < -0.4 is 9.47 Å². The average Bonchev–Trinajstić information content (AvgIpc) is 2.97. The number of carbonyl (C=O) groups is 1. The van der Waals surface area contributed by atoms with E-state index in [0.717, 1.165) is 39.2 Å². The Labute approximate surface area is 152 Å². The first kappa shape index (κ1) is 16.5. The first-order chi connectivity index (χ1) is 12.6. The number of amides is 1. The van der Waals surface area contributed by atoms with Gasteiger partial charge in [0.15, 0.2) is 11.5 Å². The molecule has 4 rings (SSSR count). The highest BCUT2D eigenvalue weighted by molar-refractivity contribution is 5.90. The molecule has 1 aliphatic heterocycles. The van der Waals surface area contributed by atoms with Gasteiger partial charge in [-0.15, -0.1) is 0 Å². The van der Waals surface area contributed by atoms with Gasteiger partial charge in [-0.05, 0) is 36.2 Å². The van der Waals surface area contributed by atoms with Crippen LogP contribution >= 0.6 is 0 Å². The fraction of sp³-hybridized carbons (Fsp3) is 0.286. The number of likely N-dealkylation sites (N-methyl/N-ethyl adjacent to an activating group) is 1. The highest BCUT2D eigenvalue weighted by Gasteiger charge is 2.17. The summed E-state index contributed by atoms with van der Waals surface area (Å²) in [5, 5.41) is 1.12. The van der Waals surface area contributed by atoms with Gasteiger partial charge in [0.25, 0.3) is 0 Å². The Bertz CT molecular complexity index is 961. The van der Waals surface area contributed by atoms with E-state index < -0.39 is 0 Å². The number of ether oxygens (including phenoxy) is 2. The molecule has 5 nitrogen and oxygen atoms in total. The van der Waals surface area contributed by atoms with Crippen LogP contribution in [0.15, 0.2) is 42.5 Å². The van der Waals surface area contributed by atoms with E-state index in [0.29, 0.717) is 26.2 Å². The quantitative estimate of drug-likeness (QED) is 0.784. The van der Waals surface area contributed by atoms with Crippen molar-refractivity contribution >= 4 is 16.8 Å². The molecule has 0 atom stereocenters. The Morgan fingerprint density at radius 1 is 1.12 bits per heavy atom. The maximum absolute atomic E-state index is 12.8. The summed E-state index contributed by atoms with van der Waals surface area (Å²) in [6.45, 7) is 3.69. The molecule has 0 saturated heterocycles. The number of nitrogens with zero attached hydrogens (tertiary/aromatic N) is 1. The molecule has 134 valence electrons.